The van der Waals surface area contributed by atoms with Crippen molar-refractivity contribution >= 4 is 0 Å². The van der Waals surface area contributed by atoms with E-state index in [9.17, 15) is 0 Å². The van der Waals surface area contributed by atoms with Gasteiger partial charge in [-0.15, -0.1) is 6.42 Å². The molecule has 14 heavy (non-hydrogen) atoms. The van der Waals surface area contributed by atoms with Crippen molar-refractivity contribution in [3.8, 4) is 24.2 Å². The van der Waals surface area contributed by atoms with Crippen LogP contribution in [0.25, 0.3) is 0 Å². The number of nitriles is 1. The maximum atomic E-state index is 8.71. The van der Waals surface area contributed by atoms with Crippen LogP contribution in [0.2, 0.25) is 0 Å². The lowest BCUT2D eigenvalue weighted by Gasteiger charge is -2.09. The minimum atomic E-state index is -0.248. The summed E-state index contributed by atoms with van der Waals surface area (Å²) in [4.78, 5) is 0. The fourth-order valence-corrected chi connectivity index (χ4v) is 1.07. The predicted molar refractivity (Wildman–Crippen MR) is 54.8 cm³/mol. The number of hydrogen-bond acceptors (Lipinski definition) is 2. The number of nitrogens with zero attached hydrogens (tertiary/aromatic N) is 1. The highest BCUT2D eigenvalue weighted by atomic mass is 16.5. The lowest BCUT2D eigenvalue weighted by atomic mass is 10.1. The van der Waals surface area contributed by atoms with Crippen LogP contribution in [0.5, 0.6) is 5.75 Å². The third kappa shape index (κ3) is 2.28. The fourth-order valence-electron chi connectivity index (χ4n) is 1.07. The van der Waals surface area contributed by atoms with Crippen LogP contribution < -0.4 is 4.74 Å². The standard InChI is InChI=1S/C12H11NO/c1-4-10(3)14-12-6-5-11(8-13)9(2)7-12/h1,5-7,10H,2-3H3. The monoisotopic (exact) mass is 185 g/mol. The summed E-state index contributed by atoms with van der Waals surface area (Å²) in [7, 11) is 0. The van der Waals surface area contributed by atoms with Crippen LogP contribution in [0.15, 0.2) is 18.2 Å². The highest BCUT2D eigenvalue weighted by Gasteiger charge is 2.02. The van der Waals surface area contributed by atoms with Crippen molar-refractivity contribution in [2.24, 2.45) is 0 Å². The van der Waals surface area contributed by atoms with Gasteiger partial charge in [-0.05, 0) is 37.6 Å². The van der Waals surface area contributed by atoms with Crippen molar-refractivity contribution in [3.63, 3.8) is 0 Å². The van der Waals surface area contributed by atoms with Crippen LogP contribution in [0.4, 0.5) is 0 Å². The molecule has 0 radical (unpaired) electrons. The molecule has 1 atom stereocenters. The molecule has 0 bridgehead atoms. The molecule has 1 unspecified atom stereocenters. The zero-order chi connectivity index (χ0) is 10.6. The number of rotatable bonds is 2. The van der Waals surface area contributed by atoms with Gasteiger partial charge < -0.3 is 4.74 Å². The molecule has 0 aliphatic rings. The molecule has 0 aliphatic heterocycles. The maximum absolute atomic E-state index is 8.71. The van der Waals surface area contributed by atoms with Crippen molar-refractivity contribution in [2.45, 2.75) is 20.0 Å². The maximum Gasteiger partial charge on any atom is 0.156 e. The fraction of sp³-hybridized carbons (Fsp3) is 0.250. The van der Waals surface area contributed by atoms with Crippen molar-refractivity contribution < 1.29 is 4.74 Å². The summed E-state index contributed by atoms with van der Waals surface area (Å²) in [5.74, 6) is 3.18. The van der Waals surface area contributed by atoms with Gasteiger partial charge in [-0.3, -0.25) is 0 Å². The molecule has 0 saturated carbocycles. The molecule has 0 amide bonds. The molecule has 0 N–H and O–H groups in total. The van der Waals surface area contributed by atoms with E-state index in [1.54, 1.807) is 19.1 Å². The number of hydrogen-bond donors (Lipinski definition) is 0. The van der Waals surface area contributed by atoms with E-state index in [0.717, 1.165) is 5.56 Å². The summed E-state index contributed by atoms with van der Waals surface area (Å²) < 4.78 is 5.40. The van der Waals surface area contributed by atoms with E-state index >= 15 is 0 Å². The lowest BCUT2D eigenvalue weighted by Crippen LogP contribution is -2.08. The van der Waals surface area contributed by atoms with Gasteiger partial charge >= 0.3 is 0 Å². The van der Waals surface area contributed by atoms with E-state index in [0.29, 0.717) is 11.3 Å². The van der Waals surface area contributed by atoms with Crippen LogP contribution in [0.3, 0.4) is 0 Å². The molecule has 1 aromatic carbocycles. The Kier molecular flexibility index (Phi) is 3.15. The van der Waals surface area contributed by atoms with Crippen LogP contribution in [-0.4, -0.2) is 6.10 Å². The second-order valence-corrected chi connectivity index (χ2v) is 3.02. The van der Waals surface area contributed by atoms with Crippen LogP contribution in [0, 0.1) is 30.6 Å². The third-order valence-corrected chi connectivity index (χ3v) is 1.87. The van der Waals surface area contributed by atoms with E-state index in [2.05, 4.69) is 12.0 Å². The minimum Gasteiger partial charge on any atom is -0.478 e. The second-order valence-electron chi connectivity index (χ2n) is 3.02. The Morgan fingerprint density at radius 3 is 2.71 bits per heavy atom. The summed E-state index contributed by atoms with van der Waals surface area (Å²) >= 11 is 0. The molecule has 70 valence electrons. The molecule has 2 nitrogen and oxygen atoms in total. The molecular formula is C12H11NO. The quantitative estimate of drug-likeness (QED) is 0.662. The Morgan fingerprint density at radius 2 is 2.21 bits per heavy atom. The predicted octanol–water partition coefficient (Wildman–Crippen LogP) is 2.27. The first-order valence-corrected chi connectivity index (χ1v) is 4.31. The van der Waals surface area contributed by atoms with E-state index in [4.69, 9.17) is 16.4 Å². The van der Waals surface area contributed by atoms with E-state index in [-0.39, 0.29) is 6.10 Å². The first-order valence-electron chi connectivity index (χ1n) is 4.31. The number of benzene rings is 1. The largest absolute Gasteiger partial charge is 0.478 e. The Labute approximate surface area is 84.1 Å². The zero-order valence-electron chi connectivity index (χ0n) is 8.24. The summed E-state index contributed by atoms with van der Waals surface area (Å²) in [6.07, 6.45) is 4.94. The summed E-state index contributed by atoms with van der Waals surface area (Å²) in [6, 6.07) is 7.39. The average Bonchev–Trinajstić information content (AvgIpc) is 2.18. The number of ether oxygens (including phenoxy) is 1. The minimum absolute atomic E-state index is 0.248. The normalized spacial score (nSPS) is 11.1. The summed E-state index contributed by atoms with van der Waals surface area (Å²) in [5, 5.41) is 8.71. The van der Waals surface area contributed by atoms with Crippen LogP contribution in [-0.2, 0) is 0 Å². The lowest BCUT2D eigenvalue weighted by molar-refractivity contribution is 0.279. The van der Waals surface area contributed by atoms with Gasteiger partial charge in [0.2, 0.25) is 0 Å². The van der Waals surface area contributed by atoms with Gasteiger partial charge in [0.05, 0.1) is 11.6 Å². The van der Waals surface area contributed by atoms with Gasteiger partial charge in [-0.1, -0.05) is 5.92 Å². The van der Waals surface area contributed by atoms with Gasteiger partial charge in [0.15, 0.2) is 6.10 Å². The zero-order valence-corrected chi connectivity index (χ0v) is 8.24. The Hall–Kier alpha value is -1.93. The first kappa shape index (κ1) is 10.2. The Morgan fingerprint density at radius 1 is 1.50 bits per heavy atom. The van der Waals surface area contributed by atoms with Gasteiger partial charge in [-0.2, -0.15) is 5.26 Å². The number of terminal acetylenes is 1. The SMILES string of the molecule is C#CC(C)Oc1ccc(C#N)c(C)c1. The molecule has 1 rings (SSSR count). The van der Waals surface area contributed by atoms with Crippen LogP contribution in [0.1, 0.15) is 18.1 Å². The molecule has 0 spiro atoms. The van der Waals surface area contributed by atoms with Crippen molar-refractivity contribution in [2.75, 3.05) is 0 Å². The van der Waals surface area contributed by atoms with E-state index in [1.165, 1.54) is 0 Å². The van der Waals surface area contributed by atoms with E-state index < -0.39 is 0 Å². The smallest absolute Gasteiger partial charge is 0.156 e. The van der Waals surface area contributed by atoms with Crippen molar-refractivity contribution in [1.29, 1.82) is 5.26 Å². The molecule has 2 heteroatoms. The molecular weight excluding hydrogens is 174 g/mol. The summed E-state index contributed by atoms with van der Waals surface area (Å²) in [5.41, 5.74) is 1.56. The third-order valence-electron chi connectivity index (χ3n) is 1.87. The first-order chi connectivity index (χ1) is 6.67. The molecule has 1 aromatic rings. The van der Waals surface area contributed by atoms with Gasteiger partial charge in [0.1, 0.15) is 5.75 Å². The Balaban J connectivity index is 2.89. The molecule has 0 aromatic heterocycles. The average molecular weight is 185 g/mol. The van der Waals surface area contributed by atoms with Gasteiger partial charge in [-0.25, -0.2) is 0 Å². The topological polar surface area (TPSA) is 33.0 Å². The Bertz CT molecular complexity index is 409. The molecule has 0 heterocycles. The van der Waals surface area contributed by atoms with E-state index in [1.807, 2.05) is 13.0 Å². The molecule has 0 aliphatic carbocycles. The second kappa shape index (κ2) is 4.35. The summed E-state index contributed by atoms with van der Waals surface area (Å²) in [6.45, 7) is 3.67. The molecule has 0 saturated heterocycles. The van der Waals surface area contributed by atoms with Crippen LogP contribution >= 0.6 is 0 Å². The highest BCUT2D eigenvalue weighted by molar-refractivity contribution is 5.41. The van der Waals surface area contributed by atoms with Gasteiger partial charge in [0.25, 0.3) is 0 Å². The highest BCUT2D eigenvalue weighted by Crippen LogP contribution is 2.17. The van der Waals surface area contributed by atoms with Crippen molar-refractivity contribution in [1.82, 2.24) is 0 Å². The number of aryl methyl sites for hydroxylation is 1. The van der Waals surface area contributed by atoms with Gasteiger partial charge in [0, 0.05) is 0 Å². The molecule has 0 fully saturated rings. The van der Waals surface area contributed by atoms with Crippen molar-refractivity contribution in [3.05, 3.63) is 29.3 Å².